The average Bonchev–Trinajstić information content (AvgIpc) is 3.13. The molecule has 0 unspecified atom stereocenters. The molecular formula is C15H19N5O3S. The molecule has 3 rings (SSSR count). The summed E-state index contributed by atoms with van der Waals surface area (Å²) in [6, 6.07) is 0. The van der Waals surface area contributed by atoms with Crippen molar-refractivity contribution in [3.63, 3.8) is 0 Å². The van der Waals surface area contributed by atoms with E-state index in [0.29, 0.717) is 24.6 Å². The van der Waals surface area contributed by atoms with Crippen LogP contribution in [-0.2, 0) is 17.7 Å². The Bertz CT molecular complexity index is 748. The van der Waals surface area contributed by atoms with Crippen molar-refractivity contribution in [2.45, 2.75) is 39.3 Å². The molecule has 0 spiro atoms. The molecule has 0 bridgehead atoms. The number of thiazole rings is 1. The number of nitrogens with one attached hydrogen (secondary N) is 2. The molecule has 8 nitrogen and oxygen atoms in total. The van der Waals surface area contributed by atoms with Crippen molar-refractivity contribution >= 4 is 28.5 Å². The van der Waals surface area contributed by atoms with Crippen LogP contribution in [0.25, 0.3) is 0 Å². The predicted molar refractivity (Wildman–Crippen MR) is 89.0 cm³/mol. The van der Waals surface area contributed by atoms with E-state index in [-0.39, 0.29) is 17.7 Å². The first kappa shape index (κ1) is 16.4. The molecule has 0 aliphatic carbocycles. The summed E-state index contributed by atoms with van der Waals surface area (Å²) in [4.78, 5) is 30.2. The standard InChI is InChI=1S/C15H19N5O3S/c1-15(2,3)23-14(22)20-6-4-10-9(8-20)11(19-18-10)12(21)17-13-16-5-7-24-13/h5,7H,4,6,8H2,1-3H3,(H,18,19)(H,16,17,21). The van der Waals surface area contributed by atoms with Gasteiger partial charge in [0.25, 0.3) is 5.91 Å². The van der Waals surface area contributed by atoms with Gasteiger partial charge in [0.2, 0.25) is 0 Å². The topological polar surface area (TPSA) is 100 Å². The van der Waals surface area contributed by atoms with Crippen LogP contribution in [-0.4, -0.2) is 44.2 Å². The quantitative estimate of drug-likeness (QED) is 0.867. The lowest BCUT2D eigenvalue weighted by Gasteiger charge is -2.30. The van der Waals surface area contributed by atoms with Crippen LogP contribution in [0, 0.1) is 0 Å². The molecule has 1 aliphatic heterocycles. The Labute approximate surface area is 143 Å². The number of H-pyrrole nitrogens is 1. The molecule has 128 valence electrons. The minimum Gasteiger partial charge on any atom is -0.444 e. The summed E-state index contributed by atoms with van der Waals surface area (Å²) >= 11 is 1.33. The lowest BCUT2D eigenvalue weighted by molar-refractivity contribution is 0.0222. The Morgan fingerprint density at radius 3 is 2.88 bits per heavy atom. The Morgan fingerprint density at radius 1 is 1.42 bits per heavy atom. The van der Waals surface area contributed by atoms with Gasteiger partial charge in [0.15, 0.2) is 10.8 Å². The lowest BCUT2D eigenvalue weighted by Crippen LogP contribution is -2.40. The fraction of sp³-hybridized carbons (Fsp3) is 0.467. The first-order chi connectivity index (χ1) is 11.3. The highest BCUT2D eigenvalue weighted by molar-refractivity contribution is 7.13. The average molecular weight is 349 g/mol. The fourth-order valence-corrected chi connectivity index (χ4v) is 2.93. The number of rotatable bonds is 2. The second-order valence-electron chi connectivity index (χ2n) is 6.47. The van der Waals surface area contributed by atoms with Gasteiger partial charge in [-0.3, -0.25) is 15.2 Å². The molecule has 0 saturated heterocycles. The minimum atomic E-state index is -0.557. The van der Waals surface area contributed by atoms with E-state index in [1.54, 1.807) is 16.5 Å². The van der Waals surface area contributed by atoms with E-state index in [2.05, 4.69) is 20.5 Å². The molecule has 0 aromatic carbocycles. The third-order valence-electron chi connectivity index (χ3n) is 3.45. The van der Waals surface area contributed by atoms with Crippen molar-refractivity contribution < 1.29 is 14.3 Å². The Morgan fingerprint density at radius 2 is 2.21 bits per heavy atom. The van der Waals surface area contributed by atoms with E-state index in [0.717, 1.165) is 11.3 Å². The normalized spacial score (nSPS) is 14.2. The van der Waals surface area contributed by atoms with Gasteiger partial charge in [-0.1, -0.05) is 0 Å². The number of anilines is 1. The van der Waals surface area contributed by atoms with Crippen LogP contribution in [0.2, 0.25) is 0 Å². The summed E-state index contributed by atoms with van der Waals surface area (Å²) in [6.45, 7) is 6.29. The Kier molecular flexibility index (Phi) is 4.27. The van der Waals surface area contributed by atoms with Crippen LogP contribution in [0.5, 0.6) is 0 Å². The van der Waals surface area contributed by atoms with Crippen molar-refractivity contribution in [1.29, 1.82) is 0 Å². The van der Waals surface area contributed by atoms with Gasteiger partial charge in [-0.05, 0) is 20.8 Å². The molecule has 9 heteroatoms. The number of ether oxygens (including phenoxy) is 1. The molecule has 0 saturated carbocycles. The second kappa shape index (κ2) is 6.23. The highest BCUT2D eigenvalue weighted by Crippen LogP contribution is 2.23. The molecule has 3 heterocycles. The third-order valence-corrected chi connectivity index (χ3v) is 4.14. The second-order valence-corrected chi connectivity index (χ2v) is 7.37. The summed E-state index contributed by atoms with van der Waals surface area (Å²) in [5.41, 5.74) is 1.33. The Hall–Kier alpha value is -2.42. The van der Waals surface area contributed by atoms with Crippen LogP contribution in [0.15, 0.2) is 11.6 Å². The van der Waals surface area contributed by atoms with E-state index in [4.69, 9.17) is 4.74 Å². The largest absolute Gasteiger partial charge is 0.444 e. The number of nitrogens with zero attached hydrogens (tertiary/aromatic N) is 3. The molecule has 24 heavy (non-hydrogen) atoms. The lowest BCUT2D eigenvalue weighted by atomic mass is 10.1. The predicted octanol–water partition coefficient (Wildman–Crippen LogP) is 2.41. The van der Waals surface area contributed by atoms with Crippen molar-refractivity contribution in [3.8, 4) is 0 Å². The van der Waals surface area contributed by atoms with Crippen LogP contribution in [0.3, 0.4) is 0 Å². The summed E-state index contributed by atoms with van der Waals surface area (Å²) in [5.74, 6) is -0.339. The van der Waals surface area contributed by atoms with Gasteiger partial charge in [0, 0.05) is 35.8 Å². The minimum absolute atomic E-state index is 0.286. The molecule has 2 amide bonds. The zero-order valence-electron chi connectivity index (χ0n) is 13.8. The maximum atomic E-state index is 12.4. The molecule has 0 fully saturated rings. The molecule has 2 aromatic rings. The van der Waals surface area contributed by atoms with E-state index < -0.39 is 5.60 Å². The van der Waals surface area contributed by atoms with E-state index >= 15 is 0 Å². The van der Waals surface area contributed by atoms with Gasteiger partial charge < -0.3 is 9.64 Å². The van der Waals surface area contributed by atoms with Crippen LogP contribution >= 0.6 is 11.3 Å². The van der Waals surface area contributed by atoms with Crippen molar-refractivity contribution in [2.75, 3.05) is 11.9 Å². The number of hydrogen-bond donors (Lipinski definition) is 2. The maximum Gasteiger partial charge on any atom is 0.410 e. The van der Waals surface area contributed by atoms with Crippen molar-refractivity contribution in [3.05, 3.63) is 28.5 Å². The van der Waals surface area contributed by atoms with E-state index in [1.165, 1.54) is 11.3 Å². The molecular weight excluding hydrogens is 330 g/mol. The van der Waals surface area contributed by atoms with Gasteiger partial charge in [-0.2, -0.15) is 5.10 Å². The number of aromatic nitrogens is 3. The Balaban J connectivity index is 1.75. The number of aromatic amines is 1. The highest BCUT2D eigenvalue weighted by Gasteiger charge is 2.30. The highest BCUT2D eigenvalue weighted by atomic mass is 32.1. The smallest absolute Gasteiger partial charge is 0.410 e. The fourth-order valence-electron chi connectivity index (χ4n) is 2.41. The van der Waals surface area contributed by atoms with Gasteiger partial charge in [-0.25, -0.2) is 9.78 Å². The zero-order chi connectivity index (χ0) is 17.3. The number of fused-ring (bicyclic) bond motifs is 1. The summed E-state index contributed by atoms with van der Waals surface area (Å²) in [5, 5.41) is 12.0. The van der Waals surface area contributed by atoms with Gasteiger partial charge >= 0.3 is 6.09 Å². The number of amides is 2. The molecule has 0 radical (unpaired) electrons. The van der Waals surface area contributed by atoms with Gasteiger partial charge in [0.05, 0.1) is 6.54 Å². The van der Waals surface area contributed by atoms with E-state index in [1.807, 2.05) is 20.8 Å². The molecule has 2 N–H and O–H groups in total. The van der Waals surface area contributed by atoms with Crippen LogP contribution in [0.1, 0.15) is 42.5 Å². The van der Waals surface area contributed by atoms with E-state index in [9.17, 15) is 9.59 Å². The molecule has 2 aromatic heterocycles. The first-order valence-electron chi connectivity index (χ1n) is 7.58. The van der Waals surface area contributed by atoms with Gasteiger partial charge in [-0.15, -0.1) is 11.3 Å². The number of hydrogen-bond acceptors (Lipinski definition) is 6. The summed E-state index contributed by atoms with van der Waals surface area (Å²) < 4.78 is 5.40. The maximum absolute atomic E-state index is 12.4. The van der Waals surface area contributed by atoms with Crippen molar-refractivity contribution in [2.24, 2.45) is 0 Å². The summed E-state index contributed by atoms with van der Waals surface area (Å²) in [7, 11) is 0. The van der Waals surface area contributed by atoms with Crippen LogP contribution < -0.4 is 5.32 Å². The number of carbonyl (C=O) groups is 2. The van der Waals surface area contributed by atoms with Crippen LogP contribution in [0.4, 0.5) is 9.93 Å². The molecule has 0 atom stereocenters. The monoisotopic (exact) mass is 349 g/mol. The SMILES string of the molecule is CC(C)(C)OC(=O)N1CCc2[nH]nc(C(=O)Nc3nccs3)c2C1. The molecule has 1 aliphatic rings. The van der Waals surface area contributed by atoms with Crippen molar-refractivity contribution in [1.82, 2.24) is 20.1 Å². The number of carbonyl (C=O) groups excluding carboxylic acids is 2. The zero-order valence-corrected chi connectivity index (χ0v) is 14.6. The van der Waals surface area contributed by atoms with Gasteiger partial charge in [0.1, 0.15) is 5.60 Å². The summed E-state index contributed by atoms with van der Waals surface area (Å²) in [6.07, 6.45) is 1.83. The third kappa shape index (κ3) is 3.56. The first-order valence-corrected chi connectivity index (χ1v) is 8.46.